The Kier molecular flexibility index (Phi) is 7.25. The van der Waals surface area contributed by atoms with E-state index < -0.39 is 0 Å². The summed E-state index contributed by atoms with van der Waals surface area (Å²) in [4.78, 5) is 25.5. The molecule has 0 spiro atoms. The topological polar surface area (TPSA) is 87.5 Å². The highest BCUT2D eigenvalue weighted by Crippen LogP contribution is 2.04. The Bertz CT molecular complexity index is 457. The number of hydrogen-bond acceptors (Lipinski definition) is 4. The number of anilines is 1. The molecule has 21 heavy (non-hydrogen) atoms. The van der Waals surface area contributed by atoms with Crippen LogP contribution in [0.3, 0.4) is 0 Å². The Labute approximate surface area is 125 Å². The van der Waals surface area contributed by atoms with Gasteiger partial charge in [-0.1, -0.05) is 0 Å². The standard InChI is InChI=1S/C15H24N4O2/c1-19(2)10-4-3-9-17-14(20)11-18-15(21)12-5-7-13(16)8-6-12/h5-8H,3-4,9-11,16H2,1-2H3,(H,17,20)(H,18,21). The second-order valence-corrected chi connectivity index (χ2v) is 5.17. The molecule has 0 heterocycles. The highest BCUT2D eigenvalue weighted by molar-refractivity contribution is 5.96. The van der Waals surface area contributed by atoms with Crippen LogP contribution in [0.15, 0.2) is 24.3 Å². The number of carbonyl (C=O) groups excluding carboxylic acids is 2. The number of nitrogens with two attached hydrogens (primary N) is 1. The highest BCUT2D eigenvalue weighted by atomic mass is 16.2. The Hall–Kier alpha value is -2.08. The van der Waals surface area contributed by atoms with Crippen molar-refractivity contribution in [2.75, 3.05) is 39.5 Å². The Morgan fingerprint density at radius 3 is 2.38 bits per heavy atom. The summed E-state index contributed by atoms with van der Waals surface area (Å²) in [6.07, 6.45) is 1.96. The number of hydrogen-bond donors (Lipinski definition) is 3. The van der Waals surface area contributed by atoms with Crippen molar-refractivity contribution >= 4 is 17.5 Å². The van der Waals surface area contributed by atoms with Crippen molar-refractivity contribution in [3.05, 3.63) is 29.8 Å². The fourth-order valence-electron chi connectivity index (χ4n) is 1.74. The molecule has 0 aliphatic heterocycles. The Morgan fingerprint density at radius 1 is 1.10 bits per heavy atom. The van der Waals surface area contributed by atoms with Gasteiger partial charge in [-0.25, -0.2) is 0 Å². The maximum Gasteiger partial charge on any atom is 0.251 e. The molecule has 0 aliphatic carbocycles. The molecule has 0 saturated heterocycles. The van der Waals surface area contributed by atoms with Gasteiger partial charge in [-0.2, -0.15) is 0 Å². The maximum absolute atomic E-state index is 11.8. The quantitative estimate of drug-likeness (QED) is 0.480. The molecular weight excluding hydrogens is 268 g/mol. The molecule has 6 heteroatoms. The molecule has 6 nitrogen and oxygen atoms in total. The van der Waals surface area contributed by atoms with Gasteiger partial charge in [-0.3, -0.25) is 9.59 Å². The first kappa shape index (κ1) is 17.0. The van der Waals surface area contributed by atoms with E-state index >= 15 is 0 Å². The minimum atomic E-state index is -0.280. The van der Waals surface area contributed by atoms with Gasteiger partial charge in [-0.15, -0.1) is 0 Å². The van der Waals surface area contributed by atoms with Crippen molar-refractivity contribution in [1.82, 2.24) is 15.5 Å². The van der Waals surface area contributed by atoms with E-state index in [1.54, 1.807) is 24.3 Å². The summed E-state index contributed by atoms with van der Waals surface area (Å²) in [5, 5.41) is 5.36. The van der Waals surface area contributed by atoms with Gasteiger partial charge < -0.3 is 21.3 Å². The van der Waals surface area contributed by atoms with Crippen LogP contribution in [0, 0.1) is 0 Å². The second kappa shape index (κ2) is 8.97. The predicted molar refractivity (Wildman–Crippen MR) is 84.0 cm³/mol. The zero-order valence-electron chi connectivity index (χ0n) is 12.7. The van der Waals surface area contributed by atoms with Crippen LogP contribution in [0.5, 0.6) is 0 Å². The van der Waals surface area contributed by atoms with Gasteiger partial charge in [0.05, 0.1) is 6.54 Å². The van der Waals surface area contributed by atoms with Crippen molar-refractivity contribution in [3.8, 4) is 0 Å². The van der Waals surface area contributed by atoms with Gasteiger partial charge >= 0.3 is 0 Å². The molecule has 116 valence electrons. The normalized spacial score (nSPS) is 10.4. The lowest BCUT2D eigenvalue weighted by atomic mass is 10.2. The molecule has 0 unspecified atom stereocenters. The van der Waals surface area contributed by atoms with E-state index in [0.717, 1.165) is 19.4 Å². The van der Waals surface area contributed by atoms with Gasteiger partial charge in [0.2, 0.25) is 5.91 Å². The minimum absolute atomic E-state index is 0.0170. The van der Waals surface area contributed by atoms with Crippen molar-refractivity contribution < 1.29 is 9.59 Å². The molecule has 0 atom stereocenters. The molecule has 0 aromatic heterocycles. The van der Waals surface area contributed by atoms with Gasteiger partial charge in [0.25, 0.3) is 5.91 Å². The van der Waals surface area contributed by atoms with Crippen molar-refractivity contribution in [1.29, 1.82) is 0 Å². The number of nitrogens with zero attached hydrogens (tertiary/aromatic N) is 1. The summed E-state index contributed by atoms with van der Waals surface area (Å²) in [7, 11) is 4.04. The van der Waals surface area contributed by atoms with E-state index in [-0.39, 0.29) is 18.4 Å². The summed E-state index contributed by atoms with van der Waals surface area (Å²) in [6.45, 7) is 1.62. The summed E-state index contributed by atoms with van der Waals surface area (Å²) in [5.41, 5.74) is 6.64. The van der Waals surface area contributed by atoms with Crippen LogP contribution < -0.4 is 16.4 Å². The molecule has 0 fully saturated rings. The minimum Gasteiger partial charge on any atom is -0.399 e. The smallest absolute Gasteiger partial charge is 0.251 e. The van der Waals surface area contributed by atoms with Crippen molar-refractivity contribution in [2.45, 2.75) is 12.8 Å². The van der Waals surface area contributed by atoms with E-state index in [4.69, 9.17) is 5.73 Å². The van der Waals surface area contributed by atoms with E-state index in [9.17, 15) is 9.59 Å². The van der Waals surface area contributed by atoms with Gasteiger partial charge in [0.15, 0.2) is 0 Å². The van der Waals surface area contributed by atoms with E-state index in [2.05, 4.69) is 15.5 Å². The second-order valence-electron chi connectivity index (χ2n) is 5.17. The van der Waals surface area contributed by atoms with Crippen LogP contribution in [0.4, 0.5) is 5.69 Å². The van der Waals surface area contributed by atoms with Crippen LogP contribution in [0.2, 0.25) is 0 Å². The molecule has 1 aromatic rings. The van der Waals surface area contributed by atoms with E-state index in [1.165, 1.54) is 0 Å². The van der Waals surface area contributed by atoms with Crippen LogP contribution in [-0.2, 0) is 4.79 Å². The lowest BCUT2D eigenvalue weighted by Crippen LogP contribution is -2.37. The molecule has 0 radical (unpaired) electrons. The first-order chi connectivity index (χ1) is 9.99. The monoisotopic (exact) mass is 292 g/mol. The lowest BCUT2D eigenvalue weighted by molar-refractivity contribution is -0.120. The summed E-state index contributed by atoms with van der Waals surface area (Å²) < 4.78 is 0. The summed E-state index contributed by atoms with van der Waals surface area (Å²) >= 11 is 0. The number of benzene rings is 1. The molecule has 2 amide bonds. The van der Waals surface area contributed by atoms with Crippen LogP contribution >= 0.6 is 0 Å². The van der Waals surface area contributed by atoms with Crippen LogP contribution in [0.25, 0.3) is 0 Å². The zero-order chi connectivity index (χ0) is 15.7. The van der Waals surface area contributed by atoms with Gasteiger partial charge in [0.1, 0.15) is 0 Å². The van der Waals surface area contributed by atoms with Gasteiger partial charge in [0, 0.05) is 17.8 Å². The number of nitrogens with one attached hydrogen (secondary N) is 2. The predicted octanol–water partition coefficient (Wildman–Crippen LogP) is 0.457. The largest absolute Gasteiger partial charge is 0.399 e. The summed E-state index contributed by atoms with van der Waals surface area (Å²) in [5.74, 6) is -0.457. The average Bonchev–Trinajstić information content (AvgIpc) is 2.44. The van der Waals surface area contributed by atoms with Crippen molar-refractivity contribution in [2.24, 2.45) is 0 Å². The zero-order valence-corrected chi connectivity index (χ0v) is 12.7. The SMILES string of the molecule is CN(C)CCCCNC(=O)CNC(=O)c1ccc(N)cc1. The van der Waals surface area contributed by atoms with Crippen LogP contribution in [-0.4, -0.2) is 50.4 Å². The molecule has 1 rings (SSSR count). The van der Waals surface area contributed by atoms with Crippen molar-refractivity contribution in [3.63, 3.8) is 0 Å². The Morgan fingerprint density at radius 2 is 1.76 bits per heavy atom. The molecule has 0 bridgehead atoms. The van der Waals surface area contributed by atoms with E-state index in [1.807, 2.05) is 14.1 Å². The Balaban J connectivity index is 2.17. The molecule has 1 aromatic carbocycles. The first-order valence-electron chi connectivity index (χ1n) is 7.04. The number of amides is 2. The fourth-order valence-corrected chi connectivity index (χ4v) is 1.74. The third kappa shape index (κ3) is 7.31. The first-order valence-corrected chi connectivity index (χ1v) is 7.04. The van der Waals surface area contributed by atoms with Crippen LogP contribution in [0.1, 0.15) is 23.2 Å². The maximum atomic E-state index is 11.8. The molecular formula is C15H24N4O2. The molecule has 0 aliphatic rings. The number of unbranched alkanes of at least 4 members (excludes halogenated alkanes) is 1. The fraction of sp³-hybridized carbons (Fsp3) is 0.467. The van der Waals surface area contributed by atoms with Gasteiger partial charge in [-0.05, 0) is 57.7 Å². The third-order valence-electron chi connectivity index (χ3n) is 2.94. The summed E-state index contributed by atoms with van der Waals surface area (Å²) in [6, 6.07) is 6.56. The number of carbonyl (C=O) groups is 2. The number of nitrogen functional groups attached to an aromatic ring is 1. The average molecular weight is 292 g/mol. The van der Waals surface area contributed by atoms with E-state index in [0.29, 0.717) is 17.8 Å². The third-order valence-corrected chi connectivity index (χ3v) is 2.94. The molecule has 0 saturated carbocycles. The lowest BCUT2D eigenvalue weighted by Gasteiger charge is -2.10. The molecule has 4 N–H and O–H groups in total. The number of rotatable bonds is 8. The highest BCUT2D eigenvalue weighted by Gasteiger charge is 2.07.